The van der Waals surface area contributed by atoms with E-state index in [1.807, 2.05) is 31.2 Å². The zero-order chi connectivity index (χ0) is 23.8. The Morgan fingerprint density at radius 2 is 1.88 bits per heavy atom. The van der Waals surface area contributed by atoms with Gasteiger partial charge in [-0.05, 0) is 42.3 Å². The molecule has 0 radical (unpaired) electrons. The molecule has 0 bridgehead atoms. The van der Waals surface area contributed by atoms with Crippen molar-refractivity contribution in [2.75, 3.05) is 5.32 Å². The van der Waals surface area contributed by atoms with Gasteiger partial charge in [0.2, 0.25) is 5.91 Å². The number of carbonyl (C=O) groups is 3. The number of aromatic nitrogens is 1. The summed E-state index contributed by atoms with van der Waals surface area (Å²) in [5.74, 6) is -3.11. The van der Waals surface area contributed by atoms with Gasteiger partial charge in [-0.15, -0.1) is 0 Å². The van der Waals surface area contributed by atoms with Crippen LogP contribution in [0.4, 0.5) is 5.69 Å². The first kappa shape index (κ1) is 22.1. The van der Waals surface area contributed by atoms with Crippen LogP contribution in [0.5, 0.6) is 0 Å². The van der Waals surface area contributed by atoms with E-state index >= 15 is 0 Å². The summed E-state index contributed by atoms with van der Waals surface area (Å²) < 4.78 is 0. The number of hydrogen-bond acceptors (Lipinski definition) is 6. The average Bonchev–Trinajstić information content (AvgIpc) is 3.35. The standard InChI is InChI=1S/C27H25N3O4/c1-15-7-6-8-16(13-15)29-27(34)21-19(14-31)23(30-24(21)20-11-4-5-12-28-20)22-25(32)17-9-2-3-10-18(17)26(22)33/h2-14,19,21-25,30,32H,1H3,(H,29,34). The maximum absolute atomic E-state index is 13.5. The Morgan fingerprint density at radius 3 is 2.59 bits per heavy atom. The summed E-state index contributed by atoms with van der Waals surface area (Å²) in [7, 11) is 0. The minimum Gasteiger partial charge on any atom is -0.388 e. The van der Waals surface area contributed by atoms with E-state index in [2.05, 4.69) is 15.6 Å². The van der Waals surface area contributed by atoms with Gasteiger partial charge in [0, 0.05) is 29.4 Å². The summed E-state index contributed by atoms with van der Waals surface area (Å²) in [6, 6.07) is 18.4. The molecule has 2 aliphatic rings. The van der Waals surface area contributed by atoms with Crippen molar-refractivity contribution >= 4 is 23.7 Å². The molecule has 2 heterocycles. The molecule has 6 unspecified atom stereocenters. The molecule has 1 saturated heterocycles. The molecular formula is C27H25N3O4. The number of aryl methyl sites for hydroxylation is 1. The molecule has 1 aliphatic heterocycles. The van der Waals surface area contributed by atoms with Gasteiger partial charge in [0.05, 0.1) is 29.7 Å². The third kappa shape index (κ3) is 3.73. The quantitative estimate of drug-likeness (QED) is 0.511. The lowest BCUT2D eigenvalue weighted by Crippen LogP contribution is -2.41. The highest BCUT2D eigenvalue weighted by molar-refractivity contribution is 6.04. The molecule has 7 heteroatoms. The van der Waals surface area contributed by atoms with Gasteiger partial charge in [-0.25, -0.2) is 0 Å². The first-order valence-electron chi connectivity index (χ1n) is 11.3. The smallest absolute Gasteiger partial charge is 0.230 e. The molecule has 5 rings (SSSR count). The predicted octanol–water partition coefficient (Wildman–Crippen LogP) is 3.02. The Bertz CT molecular complexity index is 1250. The van der Waals surface area contributed by atoms with E-state index in [9.17, 15) is 19.5 Å². The number of aliphatic hydroxyl groups is 1. The Kier molecular flexibility index (Phi) is 5.81. The Balaban J connectivity index is 1.52. The summed E-state index contributed by atoms with van der Waals surface area (Å²) in [4.78, 5) is 43.6. The van der Waals surface area contributed by atoms with E-state index in [0.29, 0.717) is 22.5 Å². The fourth-order valence-corrected chi connectivity index (χ4v) is 5.34. The van der Waals surface area contributed by atoms with Crippen molar-refractivity contribution in [1.82, 2.24) is 10.3 Å². The average molecular weight is 456 g/mol. The normalized spacial score (nSPS) is 27.9. The van der Waals surface area contributed by atoms with Crippen LogP contribution < -0.4 is 10.6 Å². The number of aliphatic hydroxyl groups excluding tert-OH is 1. The van der Waals surface area contributed by atoms with Gasteiger partial charge in [-0.1, -0.05) is 42.5 Å². The highest BCUT2D eigenvalue weighted by Crippen LogP contribution is 2.46. The van der Waals surface area contributed by atoms with Crippen molar-refractivity contribution in [2.45, 2.75) is 25.1 Å². The number of amides is 1. The SMILES string of the molecule is Cc1cccc(NC(=O)C2C(c3ccccn3)NC(C3C(=O)c4ccccc4C3O)C2C=O)c1. The number of carbonyl (C=O) groups excluding carboxylic acids is 3. The number of Topliss-reactive ketones (excluding diaryl/α,β-unsaturated/α-hetero) is 1. The molecule has 0 saturated carbocycles. The molecule has 1 amide bonds. The number of pyridine rings is 1. The molecule has 3 N–H and O–H groups in total. The van der Waals surface area contributed by atoms with Crippen molar-refractivity contribution in [3.63, 3.8) is 0 Å². The van der Waals surface area contributed by atoms with Gasteiger partial charge in [0.1, 0.15) is 6.29 Å². The molecule has 34 heavy (non-hydrogen) atoms. The number of aldehydes is 1. The molecular weight excluding hydrogens is 430 g/mol. The van der Waals surface area contributed by atoms with Crippen molar-refractivity contribution in [3.05, 3.63) is 95.3 Å². The second-order valence-corrected chi connectivity index (χ2v) is 8.94. The highest BCUT2D eigenvalue weighted by atomic mass is 16.3. The number of ketones is 1. The summed E-state index contributed by atoms with van der Waals surface area (Å²) in [6.07, 6.45) is 1.29. The fraction of sp³-hybridized carbons (Fsp3) is 0.259. The lowest BCUT2D eigenvalue weighted by molar-refractivity contribution is -0.125. The summed E-state index contributed by atoms with van der Waals surface area (Å²) in [5.41, 5.74) is 3.21. The van der Waals surface area contributed by atoms with Crippen molar-refractivity contribution in [3.8, 4) is 0 Å². The summed E-state index contributed by atoms with van der Waals surface area (Å²) in [6.45, 7) is 1.93. The zero-order valence-corrected chi connectivity index (χ0v) is 18.6. The van der Waals surface area contributed by atoms with Crippen molar-refractivity contribution in [2.24, 2.45) is 17.8 Å². The molecule has 0 spiro atoms. The van der Waals surface area contributed by atoms with Crippen LogP contribution in [-0.2, 0) is 9.59 Å². The van der Waals surface area contributed by atoms with Gasteiger partial charge in [-0.3, -0.25) is 14.6 Å². The topological polar surface area (TPSA) is 108 Å². The number of nitrogens with zero attached hydrogens (tertiary/aromatic N) is 1. The Labute approximate surface area is 197 Å². The van der Waals surface area contributed by atoms with Crippen LogP contribution in [-0.4, -0.2) is 34.1 Å². The lowest BCUT2D eigenvalue weighted by atomic mass is 9.80. The maximum atomic E-state index is 13.5. The lowest BCUT2D eigenvalue weighted by Gasteiger charge is -2.25. The number of rotatable bonds is 5. The third-order valence-corrected chi connectivity index (χ3v) is 6.89. The molecule has 6 atom stereocenters. The second-order valence-electron chi connectivity index (χ2n) is 8.94. The van der Waals surface area contributed by atoms with Crippen molar-refractivity contribution < 1.29 is 19.5 Å². The monoisotopic (exact) mass is 455 g/mol. The van der Waals surface area contributed by atoms with Gasteiger partial charge in [-0.2, -0.15) is 0 Å². The molecule has 7 nitrogen and oxygen atoms in total. The van der Waals surface area contributed by atoms with Crippen LogP contribution >= 0.6 is 0 Å². The van der Waals surface area contributed by atoms with Crippen molar-refractivity contribution in [1.29, 1.82) is 0 Å². The van der Waals surface area contributed by atoms with Gasteiger partial charge >= 0.3 is 0 Å². The fourth-order valence-electron chi connectivity index (χ4n) is 5.34. The molecule has 3 aromatic rings. The minimum atomic E-state index is -1.06. The first-order chi connectivity index (χ1) is 16.5. The Hall–Kier alpha value is -3.68. The van der Waals surface area contributed by atoms with Gasteiger partial charge in [0.25, 0.3) is 0 Å². The number of benzene rings is 2. The zero-order valence-electron chi connectivity index (χ0n) is 18.6. The highest BCUT2D eigenvalue weighted by Gasteiger charge is 2.55. The second kappa shape index (κ2) is 8.93. The van der Waals surface area contributed by atoms with Crippen LogP contribution in [0, 0.1) is 24.7 Å². The van der Waals surface area contributed by atoms with E-state index in [1.165, 1.54) is 0 Å². The number of hydrogen-bond donors (Lipinski definition) is 3. The first-order valence-corrected chi connectivity index (χ1v) is 11.3. The molecule has 2 aromatic carbocycles. The van der Waals surface area contributed by atoms with Crippen LogP contribution in [0.15, 0.2) is 72.9 Å². The van der Waals surface area contributed by atoms with E-state index in [-0.39, 0.29) is 11.7 Å². The number of anilines is 1. The Morgan fingerprint density at radius 1 is 1.09 bits per heavy atom. The molecule has 172 valence electrons. The summed E-state index contributed by atoms with van der Waals surface area (Å²) >= 11 is 0. The molecule has 1 aromatic heterocycles. The van der Waals surface area contributed by atoms with Crippen LogP contribution in [0.1, 0.15) is 39.3 Å². The largest absolute Gasteiger partial charge is 0.388 e. The number of fused-ring (bicyclic) bond motifs is 1. The van der Waals surface area contributed by atoms with Crippen LogP contribution in [0.25, 0.3) is 0 Å². The van der Waals surface area contributed by atoms with E-state index in [1.54, 1.807) is 48.7 Å². The van der Waals surface area contributed by atoms with E-state index < -0.39 is 35.9 Å². The van der Waals surface area contributed by atoms with Crippen LogP contribution in [0.2, 0.25) is 0 Å². The number of nitrogens with one attached hydrogen (secondary N) is 2. The van der Waals surface area contributed by atoms with E-state index in [4.69, 9.17) is 0 Å². The van der Waals surface area contributed by atoms with Crippen LogP contribution in [0.3, 0.4) is 0 Å². The molecule has 1 fully saturated rings. The summed E-state index contributed by atoms with van der Waals surface area (Å²) in [5, 5.41) is 17.3. The minimum absolute atomic E-state index is 0.230. The third-order valence-electron chi connectivity index (χ3n) is 6.89. The maximum Gasteiger partial charge on any atom is 0.230 e. The van der Waals surface area contributed by atoms with Gasteiger partial charge in [0.15, 0.2) is 5.78 Å². The van der Waals surface area contributed by atoms with E-state index in [0.717, 1.165) is 11.8 Å². The predicted molar refractivity (Wildman–Crippen MR) is 126 cm³/mol. The molecule has 1 aliphatic carbocycles. The van der Waals surface area contributed by atoms with Gasteiger partial charge < -0.3 is 20.5 Å².